The molecule has 0 radical (unpaired) electrons. The zero-order valence-corrected chi connectivity index (χ0v) is 19.8. The smallest absolute Gasteiger partial charge is 0.323 e. The van der Waals surface area contributed by atoms with Gasteiger partial charge in [-0.2, -0.15) is 9.82 Å². The van der Waals surface area contributed by atoms with Gasteiger partial charge in [-0.3, -0.25) is 14.3 Å². The van der Waals surface area contributed by atoms with Gasteiger partial charge in [-0.1, -0.05) is 6.07 Å². The normalized spacial score (nSPS) is 14.1. The van der Waals surface area contributed by atoms with Crippen LogP contribution < -0.4 is 15.4 Å². The Morgan fingerprint density at radius 1 is 1.35 bits per heavy atom. The molecule has 0 saturated carbocycles. The predicted molar refractivity (Wildman–Crippen MR) is 124 cm³/mol. The molecule has 0 spiro atoms. The number of carboxylic acids is 1. The highest BCUT2D eigenvalue weighted by Crippen LogP contribution is 2.19. The van der Waals surface area contributed by atoms with Gasteiger partial charge < -0.3 is 20.5 Å². The Morgan fingerprint density at radius 3 is 2.94 bits per heavy atom. The third-order valence-corrected chi connectivity index (χ3v) is 6.58. The molecule has 0 bridgehead atoms. The molecule has 1 unspecified atom stereocenters. The van der Waals surface area contributed by atoms with Crippen LogP contribution in [0.4, 0.5) is 5.82 Å². The molecule has 4 N–H and O–H groups in total. The van der Waals surface area contributed by atoms with Crippen LogP contribution in [0.3, 0.4) is 0 Å². The molecule has 0 aromatic carbocycles. The number of nitrogens with one attached hydrogen (secondary N) is 3. The fraction of sp³-hybridized carbons (Fsp3) is 0.524. The maximum absolute atomic E-state index is 12.4. The molecule has 3 rings (SSSR count). The summed E-state index contributed by atoms with van der Waals surface area (Å²) in [4.78, 5) is 28.5. The van der Waals surface area contributed by atoms with Gasteiger partial charge in [0.25, 0.3) is 5.91 Å². The van der Waals surface area contributed by atoms with Crippen LogP contribution in [0.1, 0.15) is 35.0 Å². The number of ether oxygens (including phenoxy) is 1. The monoisotopic (exact) mass is 494 g/mol. The lowest BCUT2D eigenvalue weighted by Crippen LogP contribution is -2.49. The number of hydrogen-bond acceptors (Lipinski definition) is 8. The van der Waals surface area contributed by atoms with Crippen LogP contribution in [0.15, 0.2) is 24.5 Å². The van der Waals surface area contributed by atoms with Gasteiger partial charge >= 0.3 is 5.97 Å². The van der Waals surface area contributed by atoms with Crippen molar-refractivity contribution in [1.29, 1.82) is 0 Å². The number of rotatable bonds is 13. The second-order valence-electron chi connectivity index (χ2n) is 7.82. The Bertz CT molecular complexity index is 1100. The number of carboxylic acid groups (broad SMARTS) is 1. The molecule has 2 aromatic rings. The molecule has 1 aliphatic heterocycles. The van der Waals surface area contributed by atoms with Crippen LogP contribution in [0.5, 0.6) is 0 Å². The molecular formula is C21H30N6O6S. The van der Waals surface area contributed by atoms with E-state index in [1.54, 1.807) is 17.8 Å². The van der Waals surface area contributed by atoms with Gasteiger partial charge in [-0.25, -0.2) is 13.4 Å². The Hall–Kier alpha value is -3.03. The number of fused-ring (bicyclic) bond motifs is 1. The zero-order valence-electron chi connectivity index (χ0n) is 19.0. The van der Waals surface area contributed by atoms with E-state index in [2.05, 4.69) is 31.5 Å². The van der Waals surface area contributed by atoms with Gasteiger partial charge in [0.15, 0.2) is 0 Å². The molecule has 3 heterocycles. The summed E-state index contributed by atoms with van der Waals surface area (Å²) in [5, 5.41) is 19.2. The Labute approximate surface area is 198 Å². The first kappa shape index (κ1) is 25.6. The van der Waals surface area contributed by atoms with Gasteiger partial charge in [0.1, 0.15) is 11.9 Å². The van der Waals surface area contributed by atoms with Gasteiger partial charge in [-0.05, 0) is 31.4 Å². The lowest BCUT2D eigenvalue weighted by Gasteiger charge is -2.17. The maximum atomic E-state index is 12.4. The van der Waals surface area contributed by atoms with Crippen molar-refractivity contribution in [1.82, 2.24) is 24.8 Å². The number of nitrogens with zero attached hydrogens (tertiary/aromatic N) is 3. The zero-order chi connectivity index (χ0) is 24.6. The summed E-state index contributed by atoms with van der Waals surface area (Å²) in [7, 11) is -3.88. The average Bonchev–Trinajstić information content (AvgIpc) is 3.29. The minimum Gasteiger partial charge on any atom is -0.480 e. The van der Waals surface area contributed by atoms with Gasteiger partial charge in [0.2, 0.25) is 10.0 Å². The van der Waals surface area contributed by atoms with E-state index < -0.39 is 34.5 Å². The summed E-state index contributed by atoms with van der Waals surface area (Å²) in [5.41, 5.74) is 2.36. The standard InChI is InChI=1S/C21H30N6O6S/c1-2-33-10-11-34(31,32)26-18(21(29)30)13-23-20(28)16-12-24-27(14-16)9-7-17-6-5-15-4-3-8-22-19(15)25-17/h5-6,12,14,18,26H,2-4,7-11,13H2,1H3,(H,22,25)(H,23,28)(H,29,30). The van der Waals surface area contributed by atoms with Crippen LogP contribution in [0.2, 0.25) is 0 Å². The number of hydrogen-bond donors (Lipinski definition) is 4. The van der Waals surface area contributed by atoms with Crippen LogP contribution in [-0.4, -0.2) is 78.3 Å². The highest BCUT2D eigenvalue weighted by Gasteiger charge is 2.25. The summed E-state index contributed by atoms with van der Waals surface area (Å²) >= 11 is 0. The number of aromatic nitrogens is 3. The highest BCUT2D eigenvalue weighted by molar-refractivity contribution is 7.89. The first-order chi connectivity index (χ1) is 16.3. The highest BCUT2D eigenvalue weighted by atomic mass is 32.2. The van der Waals surface area contributed by atoms with Crippen LogP contribution in [0.25, 0.3) is 0 Å². The van der Waals surface area contributed by atoms with E-state index >= 15 is 0 Å². The number of aryl methyl sites for hydroxylation is 3. The van der Waals surface area contributed by atoms with E-state index in [9.17, 15) is 23.1 Å². The van der Waals surface area contributed by atoms with Crippen molar-refractivity contribution in [3.63, 3.8) is 0 Å². The topological polar surface area (TPSA) is 165 Å². The number of pyridine rings is 1. The molecule has 12 nitrogen and oxygen atoms in total. The van der Waals surface area contributed by atoms with E-state index in [1.165, 1.54) is 11.8 Å². The quantitative estimate of drug-likeness (QED) is 0.281. The molecule has 0 saturated heterocycles. The number of aliphatic carboxylic acids is 1. The average molecular weight is 495 g/mol. The molecule has 1 aliphatic rings. The van der Waals surface area contributed by atoms with Crippen molar-refractivity contribution >= 4 is 27.7 Å². The molecule has 13 heteroatoms. The largest absolute Gasteiger partial charge is 0.480 e. The molecule has 1 atom stereocenters. The minimum atomic E-state index is -3.88. The fourth-order valence-electron chi connectivity index (χ4n) is 3.41. The first-order valence-electron chi connectivity index (χ1n) is 11.1. The molecule has 34 heavy (non-hydrogen) atoms. The van der Waals surface area contributed by atoms with Crippen LogP contribution in [-0.2, 0) is 38.9 Å². The molecule has 0 aliphatic carbocycles. The second-order valence-corrected chi connectivity index (χ2v) is 9.69. The van der Waals surface area contributed by atoms with Crippen molar-refractivity contribution in [3.05, 3.63) is 41.3 Å². The maximum Gasteiger partial charge on any atom is 0.323 e. The number of amides is 1. The summed E-state index contributed by atoms with van der Waals surface area (Å²) in [6.45, 7) is 3.03. The van der Waals surface area contributed by atoms with Crippen molar-refractivity contribution in [2.45, 2.75) is 38.8 Å². The molecule has 2 aromatic heterocycles. The molecular weight excluding hydrogens is 464 g/mol. The summed E-state index contributed by atoms with van der Waals surface area (Å²) in [6, 6.07) is 2.56. The van der Waals surface area contributed by atoms with E-state index in [-0.39, 0.29) is 17.9 Å². The minimum absolute atomic E-state index is 0.0544. The summed E-state index contributed by atoms with van der Waals surface area (Å²) in [6.07, 6.45) is 5.67. The van der Waals surface area contributed by atoms with Crippen molar-refractivity contribution in [3.8, 4) is 0 Å². The van der Waals surface area contributed by atoms with E-state index in [0.717, 1.165) is 30.9 Å². The lowest BCUT2D eigenvalue weighted by atomic mass is 10.1. The third-order valence-electron chi connectivity index (χ3n) is 5.23. The van der Waals surface area contributed by atoms with Crippen molar-refractivity contribution in [2.24, 2.45) is 0 Å². The second kappa shape index (κ2) is 11.9. The number of anilines is 1. The number of carbonyl (C=O) groups excluding carboxylic acids is 1. The van der Waals surface area contributed by atoms with Gasteiger partial charge in [0, 0.05) is 44.6 Å². The number of sulfonamides is 1. The van der Waals surface area contributed by atoms with E-state index in [0.29, 0.717) is 19.6 Å². The Kier molecular flexibility index (Phi) is 8.96. The number of carbonyl (C=O) groups is 2. The fourth-order valence-corrected chi connectivity index (χ4v) is 4.48. The molecule has 1 amide bonds. The SMILES string of the molecule is CCOCCS(=O)(=O)NC(CNC(=O)c1cnn(CCc2ccc3c(n2)NCCC3)c1)C(=O)O. The first-order valence-corrected chi connectivity index (χ1v) is 12.8. The van der Waals surface area contributed by atoms with Crippen LogP contribution in [0, 0.1) is 0 Å². The molecule has 186 valence electrons. The predicted octanol–water partition coefficient (Wildman–Crippen LogP) is 0.0178. The van der Waals surface area contributed by atoms with E-state index in [4.69, 9.17) is 4.74 Å². The summed E-state index contributed by atoms with van der Waals surface area (Å²) < 4.78 is 32.7. The van der Waals surface area contributed by atoms with Gasteiger partial charge in [-0.15, -0.1) is 0 Å². The Balaban J connectivity index is 1.50. The third kappa shape index (κ3) is 7.50. The van der Waals surface area contributed by atoms with Crippen LogP contribution >= 0.6 is 0 Å². The Morgan fingerprint density at radius 2 is 2.18 bits per heavy atom. The van der Waals surface area contributed by atoms with Gasteiger partial charge in [0.05, 0.1) is 24.1 Å². The molecule has 0 fully saturated rings. The summed E-state index contributed by atoms with van der Waals surface area (Å²) in [5.74, 6) is -1.41. The van der Waals surface area contributed by atoms with E-state index in [1.807, 2.05) is 6.07 Å². The lowest BCUT2D eigenvalue weighted by molar-refractivity contribution is -0.138. The van der Waals surface area contributed by atoms with Crippen molar-refractivity contribution < 1.29 is 27.9 Å². The van der Waals surface area contributed by atoms with Crippen molar-refractivity contribution in [2.75, 3.05) is 37.4 Å².